The lowest BCUT2D eigenvalue weighted by atomic mass is 9.97. The fourth-order valence-electron chi connectivity index (χ4n) is 2.19. The summed E-state index contributed by atoms with van der Waals surface area (Å²) in [5, 5.41) is 0. The highest BCUT2D eigenvalue weighted by atomic mass is 16.6. The van der Waals surface area contributed by atoms with Crippen LogP contribution >= 0.6 is 0 Å². The summed E-state index contributed by atoms with van der Waals surface area (Å²) in [4.78, 5) is 22.9. The van der Waals surface area contributed by atoms with Gasteiger partial charge in [0.2, 0.25) is 0 Å². The summed E-state index contributed by atoms with van der Waals surface area (Å²) in [6.45, 7) is 0. The molecular formula is C16H12O4. The second kappa shape index (κ2) is 5.17. The van der Waals surface area contributed by atoms with E-state index >= 15 is 0 Å². The Hall–Kier alpha value is -2.62. The average Bonchev–Trinajstić information content (AvgIpc) is 2.79. The van der Waals surface area contributed by atoms with E-state index in [1.54, 1.807) is 12.1 Å². The van der Waals surface area contributed by atoms with Crippen molar-refractivity contribution in [3.63, 3.8) is 0 Å². The van der Waals surface area contributed by atoms with Crippen LogP contribution in [0.25, 0.3) is 0 Å². The minimum absolute atomic E-state index is 0.0635. The molecule has 1 unspecified atom stereocenters. The fraction of sp³-hybridized carbons (Fsp3) is 0.125. The third-order valence-corrected chi connectivity index (χ3v) is 3.14. The Balaban J connectivity index is 1.93. The molecule has 4 nitrogen and oxygen atoms in total. The maximum atomic E-state index is 11.7. The van der Waals surface area contributed by atoms with E-state index in [4.69, 9.17) is 4.74 Å². The number of hydrogen-bond donors (Lipinski definition) is 0. The van der Waals surface area contributed by atoms with Gasteiger partial charge in [0.1, 0.15) is 11.5 Å². The largest absolute Gasteiger partial charge is 0.457 e. The zero-order valence-electron chi connectivity index (χ0n) is 10.6. The van der Waals surface area contributed by atoms with E-state index in [1.807, 2.05) is 42.5 Å². The topological polar surface area (TPSA) is 52.6 Å². The number of ether oxygens (including phenoxy) is 2. The van der Waals surface area contributed by atoms with E-state index in [-0.39, 0.29) is 6.42 Å². The SMILES string of the molecule is O=C1CC(c2ccccc2Oc2ccccc2)C(=O)O1. The van der Waals surface area contributed by atoms with Crippen molar-refractivity contribution in [3.05, 3.63) is 60.2 Å². The van der Waals surface area contributed by atoms with Crippen molar-refractivity contribution in [1.82, 2.24) is 0 Å². The van der Waals surface area contributed by atoms with Crippen LogP contribution in [0.4, 0.5) is 0 Å². The molecule has 0 N–H and O–H groups in total. The Morgan fingerprint density at radius 1 is 0.950 bits per heavy atom. The average molecular weight is 268 g/mol. The first-order valence-electron chi connectivity index (χ1n) is 6.30. The quantitative estimate of drug-likeness (QED) is 0.634. The lowest BCUT2D eigenvalue weighted by Gasteiger charge is -2.13. The van der Waals surface area contributed by atoms with Crippen LogP contribution in [0.1, 0.15) is 17.9 Å². The van der Waals surface area contributed by atoms with Gasteiger partial charge in [-0.05, 0) is 18.2 Å². The maximum Gasteiger partial charge on any atom is 0.321 e. The van der Waals surface area contributed by atoms with E-state index in [2.05, 4.69) is 4.74 Å². The summed E-state index contributed by atoms with van der Waals surface area (Å²) in [5.74, 6) is -0.343. The van der Waals surface area contributed by atoms with Crippen LogP contribution in [0.2, 0.25) is 0 Å². The number of carbonyl (C=O) groups is 2. The summed E-state index contributed by atoms with van der Waals surface area (Å²) in [6.07, 6.45) is 0.0635. The molecule has 1 saturated heterocycles. The van der Waals surface area contributed by atoms with Crippen molar-refractivity contribution in [2.24, 2.45) is 0 Å². The predicted molar refractivity (Wildman–Crippen MR) is 71.4 cm³/mol. The van der Waals surface area contributed by atoms with Gasteiger partial charge < -0.3 is 9.47 Å². The Kier molecular flexibility index (Phi) is 3.21. The molecule has 100 valence electrons. The lowest BCUT2D eigenvalue weighted by molar-refractivity contribution is -0.152. The van der Waals surface area contributed by atoms with Gasteiger partial charge in [0.25, 0.3) is 0 Å². The van der Waals surface area contributed by atoms with Crippen LogP contribution in [0.15, 0.2) is 54.6 Å². The summed E-state index contributed by atoms with van der Waals surface area (Å²) in [6, 6.07) is 16.5. The number of cyclic esters (lactones) is 2. The van der Waals surface area contributed by atoms with Crippen LogP contribution in [-0.2, 0) is 14.3 Å². The fourth-order valence-corrected chi connectivity index (χ4v) is 2.19. The molecule has 1 heterocycles. The minimum Gasteiger partial charge on any atom is -0.457 e. The van der Waals surface area contributed by atoms with Gasteiger partial charge in [0.15, 0.2) is 0 Å². The second-order valence-corrected chi connectivity index (χ2v) is 4.50. The first kappa shape index (κ1) is 12.4. The highest BCUT2D eigenvalue weighted by molar-refractivity contribution is 5.98. The molecule has 0 saturated carbocycles. The molecule has 1 aliphatic rings. The van der Waals surface area contributed by atoms with E-state index < -0.39 is 17.9 Å². The van der Waals surface area contributed by atoms with Crippen molar-refractivity contribution in [2.45, 2.75) is 12.3 Å². The van der Waals surface area contributed by atoms with Crippen LogP contribution in [0.5, 0.6) is 11.5 Å². The normalized spacial score (nSPS) is 17.9. The highest BCUT2D eigenvalue weighted by Gasteiger charge is 2.36. The molecule has 1 aliphatic heterocycles. The molecule has 2 aromatic carbocycles. The standard InChI is InChI=1S/C16H12O4/c17-15-10-13(16(18)20-15)12-8-4-5-9-14(12)19-11-6-2-1-3-7-11/h1-9,13H,10H2. The molecule has 1 fully saturated rings. The Morgan fingerprint density at radius 3 is 2.35 bits per heavy atom. The number of para-hydroxylation sites is 2. The van der Waals surface area contributed by atoms with Gasteiger partial charge in [-0.25, -0.2) is 0 Å². The molecular weight excluding hydrogens is 256 g/mol. The summed E-state index contributed by atoms with van der Waals surface area (Å²) < 4.78 is 10.4. The van der Waals surface area contributed by atoms with Crippen molar-refractivity contribution in [1.29, 1.82) is 0 Å². The molecule has 0 amide bonds. The second-order valence-electron chi connectivity index (χ2n) is 4.50. The van der Waals surface area contributed by atoms with E-state index in [0.717, 1.165) is 0 Å². The van der Waals surface area contributed by atoms with Crippen LogP contribution in [-0.4, -0.2) is 11.9 Å². The monoisotopic (exact) mass is 268 g/mol. The Bertz CT molecular complexity index is 649. The zero-order valence-corrected chi connectivity index (χ0v) is 10.6. The first-order chi connectivity index (χ1) is 9.74. The molecule has 0 aliphatic carbocycles. The molecule has 20 heavy (non-hydrogen) atoms. The molecule has 0 spiro atoms. The molecule has 0 bridgehead atoms. The summed E-state index contributed by atoms with van der Waals surface area (Å²) >= 11 is 0. The number of carbonyl (C=O) groups excluding carboxylic acids is 2. The molecule has 3 rings (SSSR count). The maximum absolute atomic E-state index is 11.7. The number of esters is 2. The lowest BCUT2D eigenvalue weighted by Crippen LogP contribution is -2.07. The van der Waals surface area contributed by atoms with Gasteiger partial charge in [0.05, 0.1) is 12.3 Å². The van der Waals surface area contributed by atoms with Gasteiger partial charge in [-0.3, -0.25) is 9.59 Å². The Labute approximate surface area is 115 Å². The highest BCUT2D eigenvalue weighted by Crippen LogP contribution is 2.35. The van der Waals surface area contributed by atoms with E-state index in [0.29, 0.717) is 17.1 Å². The van der Waals surface area contributed by atoms with Crippen LogP contribution < -0.4 is 4.74 Å². The molecule has 2 aromatic rings. The number of hydrogen-bond acceptors (Lipinski definition) is 4. The smallest absolute Gasteiger partial charge is 0.321 e. The van der Waals surface area contributed by atoms with Crippen LogP contribution in [0.3, 0.4) is 0 Å². The minimum atomic E-state index is -0.581. The first-order valence-corrected chi connectivity index (χ1v) is 6.30. The molecule has 1 atom stereocenters. The van der Waals surface area contributed by atoms with Crippen LogP contribution in [0, 0.1) is 0 Å². The van der Waals surface area contributed by atoms with Gasteiger partial charge in [0, 0.05) is 5.56 Å². The van der Waals surface area contributed by atoms with Gasteiger partial charge in [-0.15, -0.1) is 0 Å². The summed E-state index contributed by atoms with van der Waals surface area (Å²) in [5.41, 5.74) is 0.673. The number of benzene rings is 2. The third kappa shape index (κ3) is 2.40. The summed E-state index contributed by atoms with van der Waals surface area (Å²) in [7, 11) is 0. The van der Waals surface area contributed by atoms with Crippen molar-refractivity contribution in [3.8, 4) is 11.5 Å². The van der Waals surface area contributed by atoms with E-state index in [1.165, 1.54) is 0 Å². The number of rotatable bonds is 3. The van der Waals surface area contributed by atoms with Gasteiger partial charge >= 0.3 is 11.9 Å². The zero-order chi connectivity index (χ0) is 13.9. The van der Waals surface area contributed by atoms with Crippen molar-refractivity contribution < 1.29 is 19.1 Å². The molecule has 0 aromatic heterocycles. The van der Waals surface area contributed by atoms with Gasteiger partial charge in [-0.2, -0.15) is 0 Å². The molecule has 4 heteroatoms. The van der Waals surface area contributed by atoms with E-state index in [9.17, 15) is 9.59 Å². The Morgan fingerprint density at radius 2 is 1.65 bits per heavy atom. The molecule has 0 radical (unpaired) electrons. The van der Waals surface area contributed by atoms with Crippen molar-refractivity contribution in [2.75, 3.05) is 0 Å². The van der Waals surface area contributed by atoms with Crippen molar-refractivity contribution >= 4 is 11.9 Å². The third-order valence-electron chi connectivity index (χ3n) is 3.14. The van der Waals surface area contributed by atoms with Gasteiger partial charge in [-0.1, -0.05) is 36.4 Å². The predicted octanol–water partition coefficient (Wildman–Crippen LogP) is 3.04.